The second-order valence-electron chi connectivity index (χ2n) is 6.59. The van der Waals surface area contributed by atoms with Gasteiger partial charge in [0.05, 0.1) is 11.6 Å². The summed E-state index contributed by atoms with van der Waals surface area (Å²) in [6.45, 7) is 10.7. The van der Waals surface area contributed by atoms with Crippen molar-refractivity contribution in [1.82, 2.24) is 5.32 Å². The number of benzene rings is 1. The molecule has 0 aromatic heterocycles. The van der Waals surface area contributed by atoms with E-state index in [1.54, 1.807) is 34.6 Å². The fraction of sp³-hybridized carbons (Fsp3) is 0.562. The Kier molecular flexibility index (Phi) is 4.81. The summed E-state index contributed by atoms with van der Waals surface area (Å²) in [6, 6.07) is 7.13. The van der Waals surface area contributed by atoms with Crippen LogP contribution in [0.4, 0.5) is 4.79 Å². The number of carbonyl (C=O) groups excluding carboxylic acids is 1. The highest BCUT2D eigenvalue weighted by Crippen LogP contribution is 2.28. The number of nitrogens with one attached hydrogen (secondary N) is 1. The van der Waals surface area contributed by atoms with Gasteiger partial charge in [-0.1, -0.05) is 24.3 Å². The first kappa shape index (κ1) is 16.5. The number of aryl methyl sites for hydroxylation is 1. The van der Waals surface area contributed by atoms with Gasteiger partial charge in [-0.2, -0.15) is 0 Å². The molecule has 1 amide bonds. The summed E-state index contributed by atoms with van der Waals surface area (Å²) >= 11 is 0. The molecule has 0 saturated carbocycles. The highest BCUT2D eigenvalue weighted by molar-refractivity contribution is 5.68. The molecule has 0 heterocycles. The van der Waals surface area contributed by atoms with E-state index in [-0.39, 0.29) is 0 Å². The smallest absolute Gasteiger partial charge is 0.408 e. The molecule has 1 rings (SSSR count). The van der Waals surface area contributed by atoms with Crippen LogP contribution in [-0.4, -0.2) is 22.4 Å². The molecule has 1 unspecified atom stereocenters. The van der Waals surface area contributed by atoms with Crippen molar-refractivity contribution in [2.45, 2.75) is 58.8 Å². The van der Waals surface area contributed by atoms with Gasteiger partial charge in [-0.25, -0.2) is 4.79 Å². The molecule has 20 heavy (non-hydrogen) atoms. The molecular weight excluding hydrogens is 254 g/mol. The molecular formula is C16H25NO3. The lowest BCUT2D eigenvalue weighted by molar-refractivity contribution is 0.0162. The molecule has 112 valence electrons. The van der Waals surface area contributed by atoms with Gasteiger partial charge >= 0.3 is 6.09 Å². The number of aliphatic hydroxyl groups is 1. The first-order valence-corrected chi connectivity index (χ1v) is 6.78. The van der Waals surface area contributed by atoms with Crippen molar-refractivity contribution in [1.29, 1.82) is 0 Å². The average Bonchev–Trinajstić information content (AvgIpc) is 2.23. The molecule has 0 saturated heterocycles. The van der Waals surface area contributed by atoms with E-state index in [9.17, 15) is 9.90 Å². The second-order valence-corrected chi connectivity index (χ2v) is 6.59. The van der Waals surface area contributed by atoms with E-state index in [4.69, 9.17) is 4.74 Å². The standard InChI is InChI=1S/C16H25NO3/c1-11-9-7-8-10-12(11)13(16(5,6)19)17-14(18)20-15(2,3)4/h7-10,13,19H,1-6H3,(H,17,18). The van der Waals surface area contributed by atoms with E-state index < -0.39 is 23.3 Å². The predicted octanol–water partition coefficient (Wildman–Crippen LogP) is 3.33. The Morgan fingerprint density at radius 2 is 1.75 bits per heavy atom. The minimum absolute atomic E-state index is 0.529. The largest absolute Gasteiger partial charge is 0.444 e. The van der Waals surface area contributed by atoms with E-state index in [1.807, 2.05) is 31.2 Å². The molecule has 0 spiro atoms. The number of amides is 1. The van der Waals surface area contributed by atoms with Crippen LogP contribution in [0.15, 0.2) is 24.3 Å². The summed E-state index contributed by atoms with van der Waals surface area (Å²) < 4.78 is 5.26. The molecule has 4 nitrogen and oxygen atoms in total. The topological polar surface area (TPSA) is 58.6 Å². The maximum atomic E-state index is 12.0. The molecule has 0 bridgehead atoms. The van der Waals surface area contributed by atoms with Gasteiger partial charge in [0, 0.05) is 0 Å². The van der Waals surface area contributed by atoms with E-state index in [0.29, 0.717) is 0 Å². The van der Waals surface area contributed by atoms with Crippen LogP contribution in [0, 0.1) is 6.92 Å². The molecule has 1 atom stereocenters. The summed E-state index contributed by atoms with van der Waals surface area (Å²) in [6.07, 6.45) is -0.534. The third-order valence-electron chi connectivity index (χ3n) is 2.87. The summed E-state index contributed by atoms with van der Waals surface area (Å²) in [5.41, 5.74) is 0.227. The van der Waals surface area contributed by atoms with Crippen molar-refractivity contribution < 1.29 is 14.6 Å². The fourth-order valence-electron chi connectivity index (χ4n) is 1.97. The van der Waals surface area contributed by atoms with Gasteiger partial charge in [0.25, 0.3) is 0 Å². The van der Waals surface area contributed by atoms with Crippen molar-refractivity contribution in [3.63, 3.8) is 0 Å². The molecule has 2 N–H and O–H groups in total. The number of ether oxygens (including phenoxy) is 1. The molecule has 1 aromatic rings. The van der Waals surface area contributed by atoms with Crippen LogP contribution in [-0.2, 0) is 4.74 Å². The minimum atomic E-state index is -1.09. The Morgan fingerprint density at radius 3 is 2.20 bits per heavy atom. The summed E-state index contributed by atoms with van der Waals surface area (Å²) in [7, 11) is 0. The summed E-state index contributed by atoms with van der Waals surface area (Å²) in [5.74, 6) is 0. The lowest BCUT2D eigenvalue weighted by Crippen LogP contribution is -2.44. The summed E-state index contributed by atoms with van der Waals surface area (Å²) in [5, 5.41) is 13.1. The normalized spacial score (nSPS) is 13.8. The van der Waals surface area contributed by atoms with Crippen LogP contribution >= 0.6 is 0 Å². The van der Waals surface area contributed by atoms with Crippen LogP contribution in [0.1, 0.15) is 51.8 Å². The van der Waals surface area contributed by atoms with E-state index in [2.05, 4.69) is 5.32 Å². The Balaban J connectivity index is 2.99. The molecule has 0 aliphatic heterocycles. The van der Waals surface area contributed by atoms with Crippen LogP contribution in [0.5, 0.6) is 0 Å². The first-order valence-electron chi connectivity index (χ1n) is 6.78. The monoisotopic (exact) mass is 279 g/mol. The van der Waals surface area contributed by atoms with Gasteiger partial charge in [0.15, 0.2) is 0 Å². The Bertz CT molecular complexity index is 469. The first-order chi connectivity index (χ1) is 9.00. The Morgan fingerprint density at radius 1 is 1.20 bits per heavy atom. The maximum Gasteiger partial charge on any atom is 0.408 e. The lowest BCUT2D eigenvalue weighted by atomic mass is 9.89. The van der Waals surface area contributed by atoms with Crippen molar-refractivity contribution in [2.75, 3.05) is 0 Å². The number of carbonyl (C=O) groups is 1. The minimum Gasteiger partial charge on any atom is -0.444 e. The van der Waals surface area contributed by atoms with Crippen molar-refractivity contribution in [3.05, 3.63) is 35.4 Å². The van der Waals surface area contributed by atoms with Crippen LogP contribution < -0.4 is 5.32 Å². The second kappa shape index (κ2) is 5.83. The van der Waals surface area contributed by atoms with E-state index >= 15 is 0 Å². The Hall–Kier alpha value is -1.55. The third kappa shape index (κ3) is 4.85. The van der Waals surface area contributed by atoms with E-state index in [1.165, 1.54) is 0 Å². The molecule has 0 aliphatic rings. The molecule has 0 aliphatic carbocycles. The van der Waals surface area contributed by atoms with Crippen LogP contribution in [0.3, 0.4) is 0 Å². The Labute approximate surface area is 121 Å². The zero-order valence-corrected chi connectivity index (χ0v) is 13.2. The molecule has 1 aromatic carbocycles. The zero-order chi connectivity index (χ0) is 15.6. The average molecular weight is 279 g/mol. The third-order valence-corrected chi connectivity index (χ3v) is 2.87. The van der Waals surface area contributed by atoms with Crippen molar-refractivity contribution >= 4 is 6.09 Å². The molecule has 0 radical (unpaired) electrons. The van der Waals surface area contributed by atoms with Gasteiger partial charge in [0.2, 0.25) is 0 Å². The van der Waals surface area contributed by atoms with Gasteiger partial charge in [-0.05, 0) is 52.7 Å². The highest BCUT2D eigenvalue weighted by Gasteiger charge is 2.32. The van der Waals surface area contributed by atoms with Crippen LogP contribution in [0.25, 0.3) is 0 Å². The van der Waals surface area contributed by atoms with E-state index in [0.717, 1.165) is 11.1 Å². The van der Waals surface area contributed by atoms with Crippen molar-refractivity contribution in [2.24, 2.45) is 0 Å². The number of hydrogen-bond donors (Lipinski definition) is 2. The fourth-order valence-corrected chi connectivity index (χ4v) is 1.97. The quantitative estimate of drug-likeness (QED) is 0.892. The van der Waals surface area contributed by atoms with Gasteiger partial charge < -0.3 is 15.2 Å². The van der Waals surface area contributed by atoms with Gasteiger partial charge in [-0.15, -0.1) is 0 Å². The number of alkyl carbamates (subject to hydrolysis) is 1. The lowest BCUT2D eigenvalue weighted by Gasteiger charge is -2.32. The molecule has 4 heteroatoms. The van der Waals surface area contributed by atoms with Crippen LogP contribution in [0.2, 0.25) is 0 Å². The zero-order valence-electron chi connectivity index (χ0n) is 13.2. The van der Waals surface area contributed by atoms with Crippen molar-refractivity contribution in [3.8, 4) is 0 Å². The predicted molar refractivity (Wildman–Crippen MR) is 79.6 cm³/mol. The molecule has 0 fully saturated rings. The SMILES string of the molecule is Cc1ccccc1C(NC(=O)OC(C)(C)C)C(C)(C)O. The summed E-state index contributed by atoms with van der Waals surface area (Å²) in [4.78, 5) is 12.0. The van der Waals surface area contributed by atoms with Gasteiger partial charge in [0.1, 0.15) is 5.60 Å². The van der Waals surface area contributed by atoms with Gasteiger partial charge in [-0.3, -0.25) is 0 Å². The maximum absolute atomic E-state index is 12.0. The number of rotatable bonds is 3. The highest BCUT2D eigenvalue weighted by atomic mass is 16.6. The number of hydrogen-bond acceptors (Lipinski definition) is 3.